The fraction of sp³-hybridized carbons (Fsp3) is 0.296. The van der Waals surface area contributed by atoms with Crippen molar-refractivity contribution in [1.29, 1.82) is 0 Å². The lowest BCUT2D eigenvalue weighted by atomic mass is 10.1. The number of hydrogen-bond donors (Lipinski definition) is 1. The Kier molecular flexibility index (Phi) is 5.59. The van der Waals surface area contributed by atoms with Gasteiger partial charge in [-0.25, -0.2) is 4.98 Å². The number of nitrogens with zero attached hydrogens (tertiary/aromatic N) is 2. The third kappa shape index (κ3) is 4.09. The van der Waals surface area contributed by atoms with E-state index in [1.165, 1.54) is 0 Å². The highest BCUT2D eigenvalue weighted by Gasteiger charge is 2.21. The van der Waals surface area contributed by atoms with E-state index in [1.54, 1.807) is 6.33 Å². The summed E-state index contributed by atoms with van der Waals surface area (Å²) in [5, 5.41) is 0. The number of ether oxygens (including phenoxy) is 4. The molecule has 6 rings (SSSR count). The molecule has 3 heterocycles. The summed E-state index contributed by atoms with van der Waals surface area (Å²) in [5.74, 6) is 3.28. The predicted molar refractivity (Wildman–Crippen MR) is 130 cm³/mol. The van der Waals surface area contributed by atoms with Crippen LogP contribution in [0, 0.1) is 0 Å². The zero-order valence-electron chi connectivity index (χ0n) is 19.0. The number of anilines is 1. The van der Waals surface area contributed by atoms with Crippen LogP contribution in [-0.2, 0) is 13.1 Å². The van der Waals surface area contributed by atoms with Gasteiger partial charge < -0.3 is 28.8 Å². The topological polar surface area (TPSA) is 68.8 Å². The second-order valence-corrected chi connectivity index (χ2v) is 8.55. The lowest BCUT2D eigenvalue weighted by Crippen LogP contribution is -2.23. The van der Waals surface area contributed by atoms with E-state index in [-0.39, 0.29) is 0 Å². The maximum absolute atomic E-state index is 6.12. The van der Waals surface area contributed by atoms with Crippen molar-refractivity contribution < 1.29 is 18.9 Å². The summed E-state index contributed by atoms with van der Waals surface area (Å²) in [4.78, 5) is 9.94. The Hall–Kier alpha value is -3.87. The number of benzene rings is 3. The van der Waals surface area contributed by atoms with Crippen molar-refractivity contribution >= 4 is 16.7 Å². The van der Waals surface area contributed by atoms with Crippen LogP contribution in [0.25, 0.3) is 11.0 Å². The molecule has 0 saturated heterocycles. The van der Waals surface area contributed by atoms with Crippen LogP contribution in [0.4, 0.5) is 5.69 Å². The Morgan fingerprint density at radius 1 is 0.735 bits per heavy atom. The molecule has 174 valence electrons. The highest BCUT2D eigenvalue weighted by Crippen LogP contribution is 2.38. The van der Waals surface area contributed by atoms with Gasteiger partial charge in [-0.15, -0.1) is 0 Å². The molecule has 3 aromatic carbocycles. The van der Waals surface area contributed by atoms with Gasteiger partial charge in [0.15, 0.2) is 23.0 Å². The van der Waals surface area contributed by atoms with E-state index < -0.39 is 0 Å². The number of hydrogen-bond acceptors (Lipinski definition) is 6. The van der Waals surface area contributed by atoms with Gasteiger partial charge in [-0.05, 0) is 30.3 Å². The molecule has 0 unspecified atom stereocenters. The lowest BCUT2D eigenvalue weighted by Gasteiger charge is -2.27. The van der Waals surface area contributed by atoms with Gasteiger partial charge in [0, 0.05) is 42.7 Å². The molecule has 0 atom stereocenters. The second-order valence-electron chi connectivity index (χ2n) is 8.55. The fourth-order valence-electron chi connectivity index (χ4n) is 4.53. The van der Waals surface area contributed by atoms with E-state index in [9.17, 15) is 0 Å². The smallest absolute Gasteiger partial charge is 0.166 e. The van der Waals surface area contributed by atoms with E-state index in [0.29, 0.717) is 39.5 Å². The van der Waals surface area contributed by atoms with Crippen LogP contribution in [-0.4, -0.2) is 36.4 Å². The summed E-state index contributed by atoms with van der Waals surface area (Å²) < 4.78 is 24.1. The minimum atomic E-state index is 0.650. The fourth-order valence-corrected chi connectivity index (χ4v) is 4.53. The molecule has 1 N–H and O–H groups in total. The predicted octanol–water partition coefficient (Wildman–Crippen LogP) is 5.09. The number of fused-ring (bicyclic) bond motifs is 3. The lowest BCUT2D eigenvalue weighted by molar-refractivity contribution is 0.296. The Bertz CT molecular complexity index is 1240. The summed E-state index contributed by atoms with van der Waals surface area (Å²) in [7, 11) is 0. The van der Waals surface area contributed by atoms with Crippen molar-refractivity contribution in [3.05, 3.63) is 72.1 Å². The van der Waals surface area contributed by atoms with Gasteiger partial charge in [0.25, 0.3) is 0 Å². The Balaban J connectivity index is 1.39. The quantitative estimate of drug-likeness (QED) is 0.450. The summed E-state index contributed by atoms with van der Waals surface area (Å²) in [6.07, 6.45) is 3.48. The molecule has 0 fully saturated rings. The minimum absolute atomic E-state index is 0.650. The van der Waals surface area contributed by atoms with Crippen LogP contribution in [0.5, 0.6) is 23.0 Å². The van der Waals surface area contributed by atoms with Crippen LogP contribution in [0.2, 0.25) is 0 Å². The van der Waals surface area contributed by atoms with E-state index in [0.717, 1.165) is 63.7 Å². The van der Waals surface area contributed by atoms with Crippen LogP contribution in [0.1, 0.15) is 24.0 Å². The third-order valence-corrected chi connectivity index (χ3v) is 6.20. The number of H-pyrrole nitrogens is 1. The molecule has 4 aromatic rings. The number of aromatic nitrogens is 2. The number of rotatable bonds is 5. The van der Waals surface area contributed by atoms with Gasteiger partial charge >= 0.3 is 0 Å². The molecular formula is C27H27N3O4. The van der Waals surface area contributed by atoms with Crippen molar-refractivity contribution in [2.45, 2.75) is 25.9 Å². The molecule has 0 aliphatic carbocycles. The molecule has 0 amide bonds. The number of nitrogens with one attached hydrogen (secondary N) is 1. The second kappa shape index (κ2) is 9.17. The zero-order chi connectivity index (χ0) is 22.7. The Morgan fingerprint density at radius 3 is 2.00 bits per heavy atom. The molecule has 34 heavy (non-hydrogen) atoms. The first-order valence-electron chi connectivity index (χ1n) is 11.8. The van der Waals surface area contributed by atoms with Gasteiger partial charge in [-0.2, -0.15) is 0 Å². The number of para-hydroxylation sites is 2. The van der Waals surface area contributed by atoms with E-state index >= 15 is 0 Å². The van der Waals surface area contributed by atoms with E-state index in [4.69, 9.17) is 18.9 Å². The van der Waals surface area contributed by atoms with Crippen LogP contribution >= 0.6 is 0 Å². The molecule has 7 heteroatoms. The molecule has 0 spiro atoms. The average molecular weight is 458 g/mol. The molecule has 0 saturated carbocycles. The molecule has 2 aliphatic rings. The Morgan fingerprint density at radius 2 is 1.35 bits per heavy atom. The standard InChI is InChI=1S/C27H27N3O4/c1-5-19(26-24(7-1)31-11-3-13-33-26)16-30(21-9-10-22-23(15-21)29-18-28-22)17-20-6-2-8-25-27(20)34-14-4-12-32-25/h1-2,5-10,15,18H,3-4,11-14,16-17H2,(H,28,29). The van der Waals surface area contributed by atoms with Crippen molar-refractivity contribution in [3.8, 4) is 23.0 Å². The van der Waals surface area contributed by atoms with Gasteiger partial charge in [-0.3, -0.25) is 0 Å². The van der Waals surface area contributed by atoms with Gasteiger partial charge in [0.2, 0.25) is 0 Å². The first-order valence-corrected chi connectivity index (χ1v) is 11.8. The van der Waals surface area contributed by atoms with Gasteiger partial charge in [-0.1, -0.05) is 24.3 Å². The largest absolute Gasteiger partial charge is 0.490 e. The van der Waals surface area contributed by atoms with Crippen molar-refractivity contribution in [1.82, 2.24) is 9.97 Å². The summed E-state index contributed by atoms with van der Waals surface area (Å²) in [6.45, 7) is 3.95. The van der Waals surface area contributed by atoms with Gasteiger partial charge in [0.05, 0.1) is 43.8 Å². The molecular weight excluding hydrogens is 430 g/mol. The third-order valence-electron chi connectivity index (χ3n) is 6.20. The highest BCUT2D eigenvalue weighted by atomic mass is 16.5. The number of imidazole rings is 1. The molecule has 1 aromatic heterocycles. The summed E-state index contributed by atoms with van der Waals surface area (Å²) in [5.41, 5.74) is 5.20. The monoisotopic (exact) mass is 457 g/mol. The summed E-state index contributed by atoms with van der Waals surface area (Å²) in [6, 6.07) is 18.5. The number of aromatic amines is 1. The SMILES string of the molecule is c1cc(CN(Cc2cccc3c2OCCCO3)c2ccc3nc[nH]c3c2)c2c(c1)OCCCO2. The maximum Gasteiger partial charge on any atom is 0.166 e. The first-order chi connectivity index (χ1) is 16.8. The van der Waals surface area contributed by atoms with Crippen LogP contribution in [0.15, 0.2) is 60.9 Å². The van der Waals surface area contributed by atoms with Crippen molar-refractivity contribution in [2.75, 3.05) is 31.3 Å². The van der Waals surface area contributed by atoms with Crippen LogP contribution < -0.4 is 23.8 Å². The average Bonchev–Trinajstić information content (AvgIpc) is 3.04. The zero-order valence-corrected chi connectivity index (χ0v) is 19.0. The molecule has 2 aliphatic heterocycles. The minimum Gasteiger partial charge on any atom is -0.490 e. The Labute approximate surface area is 198 Å². The van der Waals surface area contributed by atoms with E-state index in [2.05, 4.69) is 39.1 Å². The maximum atomic E-state index is 6.12. The van der Waals surface area contributed by atoms with Crippen LogP contribution in [0.3, 0.4) is 0 Å². The van der Waals surface area contributed by atoms with E-state index in [1.807, 2.05) is 30.3 Å². The first kappa shape index (κ1) is 20.7. The highest BCUT2D eigenvalue weighted by molar-refractivity contribution is 5.79. The van der Waals surface area contributed by atoms with Gasteiger partial charge in [0.1, 0.15) is 0 Å². The van der Waals surface area contributed by atoms with Crippen molar-refractivity contribution in [2.24, 2.45) is 0 Å². The van der Waals surface area contributed by atoms with Crippen molar-refractivity contribution in [3.63, 3.8) is 0 Å². The molecule has 7 nitrogen and oxygen atoms in total. The molecule has 0 radical (unpaired) electrons. The summed E-state index contributed by atoms with van der Waals surface area (Å²) >= 11 is 0. The molecule has 0 bridgehead atoms. The normalized spacial score (nSPS) is 14.9.